The number of thioether (sulfide) groups is 1. The van der Waals surface area contributed by atoms with E-state index in [9.17, 15) is 0 Å². The lowest BCUT2D eigenvalue weighted by molar-refractivity contribution is 0.647. The van der Waals surface area contributed by atoms with E-state index in [1.807, 2.05) is 6.92 Å². The summed E-state index contributed by atoms with van der Waals surface area (Å²) >= 11 is 2.07. The SMILES string of the molecule is C[C@@H](N)c1ccc(N2CCSC(C)(C)C2)cc1. The Balaban J connectivity index is 2.12. The maximum atomic E-state index is 5.87. The molecule has 1 aromatic carbocycles. The fourth-order valence-electron chi connectivity index (χ4n) is 2.23. The van der Waals surface area contributed by atoms with Crippen molar-refractivity contribution in [2.75, 3.05) is 23.7 Å². The Hall–Kier alpha value is -0.670. The van der Waals surface area contributed by atoms with Crippen molar-refractivity contribution in [3.05, 3.63) is 29.8 Å². The zero-order valence-corrected chi connectivity index (χ0v) is 11.8. The van der Waals surface area contributed by atoms with E-state index in [0.717, 1.165) is 13.1 Å². The van der Waals surface area contributed by atoms with Gasteiger partial charge in [0.25, 0.3) is 0 Å². The van der Waals surface area contributed by atoms with Crippen LogP contribution in [0.3, 0.4) is 0 Å². The molecule has 0 aromatic heterocycles. The van der Waals surface area contributed by atoms with Crippen LogP contribution in [0, 0.1) is 0 Å². The first-order chi connectivity index (χ1) is 7.98. The minimum Gasteiger partial charge on any atom is -0.369 e. The summed E-state index contributed by atoms with van der Waals surface area (Å²) in [7, 11) is 0. The Morgan fingerprint density at radius 2 is 1.94 bits per heavy atom. The lowest BCUT2D eigenvalue weighted by Gasteiger charge is -2.39. The molecule has 2 nitrogen and oxygen atoms in total. The van der Waals surface area contributed by atoms with Gasteiger partial charge in [-0.15, -0.1) is 0 Å². The largest absolute Gasteiger partial charge is 0.369 e. The van der Waals surface area contributed by atoms with Crippen LogP contribution >= 0.6 is 11.8 Å². The van der Waals surface area contributed by atoms with E-state index in [1.165, 1.54) is 17.0 Å². The van der Waals surface area contributed by atoms with E-state index >= 15 is 0 Å². The predicted octanol–water partition coefficient (Wildman–Crippen LogP) is 3.04. The first-order valence-electron chi connectivity index (χ1n) is 6.22. The van der Waals surface area contributed by atoms with Crippen molar-refractivity contribution in [1.29, 1.82) is 0 Å². The summed E-state index contributed by atoms with van der Waals surface area (Å²) in [5, 5.41) is 0. The number of rotatable bonds is 2. The Bertz CT molecular complexity index is 370. The van der Waals surface area contributed by atoms with Crippen molar-refractivity contribution in [2.45, 2.75) is 31.6 Å². The molecule has 17 heavy (non-hydrogen) atoms. The van der Waals surface area contributed by atoms with Crippen LogP contribution in [0.15, 0.2) is 24.3 Å². The highest BCUT2D eigenvalue weighted by Gasteiger charge is 2.26. The van der Waals surface area contributed by atoms with Gasteiger partial charge in [-0.1, -0.05) is 12.1 Å². The monoisotopic (exact) mass is 250 g/mol. The van der Waals surface area contributed by atoms with E-state index < -0.39 is 0 Å². The number of benzene rings is 1. The molecular formula is C14H22N2S. The third-order valence-corrected chi connectivity index (χ3v) is 4.51. The molecule has 0 spiro atoms. The topological polar surface area (TPSA) is 29.3 Å². The molecule has 1 fully saturated rings. The van der Waals surface area contributed by atoms with Crippen LogP contribution in [0.25, 0.3) is 0 Å². The minimum atomic E-state index is 0.123. The predicted molar refractivity (Wildman–Crippen MR) is 77.8 cm³/mol. The second-order valence-corrected chi connectivity index (χ2v) is 7.21. The van der Waals surface area contributed by atoms with Crippen LogP contribution in [0.1, 0.15) is 32.4 Å². The standard InChI is InChI=1S/C14H22N2S/c1-11(15)12-4-6-13(7-5-12)16-8-9-17-14(2,3)10-16/h4-7,11H,8-10,15H2,1-3H3/t11-/m1/s1. The Morgan fingerprint density at radius 1 is 1.29 bits per heavy atom. The number of nitrogens with two attached hydrogens (primary N) is 1. The second kappa shape index (κ2) is 4.91. The van der Waals surface area contributed by atoms with Crippen LogP contribution in [-0.2, 0) is 0 Å². The van der Waals surface area contributed by atoms with Crippen LogP contribution in [0.2, 0.25) is 0 Å². The van der Waals surface area contributed by atoms with Crippen molar-refractivity contribution >= 4 is 17.4 Å². The van der Waals surface area contributed by atoms with Crippen LogP contribution < -0.4 is 10.6 Å². The maximum Gasteiger partial charge on any atom is 0.0367 e. The Kier molecular flexibility index (Phi) is 3.69. The molecule has 1 saturated heterocycles. The lowest BCUT2D eigenvalue weighted by atomic mass is 10.1. The third kappa shape index (κ3) is 3.17. The van der Waals surface area contributed by atoms with Crippen molar-refractivity contribution < 1.29 is 0 Å². The first kappa shape index (κ1) is 12.8. The van der Waals surface area contributed by atoms with E-state index in [0.29, 0.717) is 4.75 Å². The van der Waals surface area contributed by atoms with Crippen molar-refractivity contribution in [2.24, 2.45) is 5.73 Å². The van der Waals surface area contributed by atoms with Crippen molar-refractivity contribution in [3.63, 3.8) is 0 Å². The summed E-state index contributed by atoms with van der Waals surface area (Å²) in [6, 6.07) is 8.82. The molecule has 0 unspecified atom stereocenters. The second-order valence-electron chi connectivity index (χ2n) is 5.41. The van der Waals surface area contributed by atoms with Gasteiger partial charge in [0.1, 0.15) is 0 Å². The van der Waals surface area contributed by atoms with Crippen LogP contribution in [0.5, 0.6) is 0 Å². The van der Waals surface area contributed by atoms with E-state index in [2.05, 4.69) is 54.8 Å². The number of hydrogen-bond donors (Lipinski definition) is 1. The molecule has 1 aromatic rings. The first-order valence-corrected chi connectivity index (χ1v) is 7.21. The summed E-state index contributed by atoms with van der Waals surface area (Å²) in [4.78, 5) is 2.47. The van der Waals surface area contributed by atoms with Gasteiger partial charge in [0.15, 0.2) is 0 Å². The normalized spacial score (nSPS) is 21.3. The molecule has 1 heterocycles. The summed E-state index contributed by atoms with van der Waals surface area (Å²) in [5.41, 5.74) is 8.40. The van der Waals surface area contributed by atoms with Gasteiger partial charge in [0, 0.05) is 35.3 Å². The molecule has 0 aliphatic carbocycles. The van der Waals surface area contributed by atoms with Gasteiger partial charge in [0.2, 0.25) is 0 Å². The Labute approximate surface area is 109 Å². The molecule has 1 aliphatic heterocycles. The summed E-state index contributed by atoms with van der Waals surface area (Å²) in [6.07, 6.45) is 0. The summed E-state index contributed by atoms with van der Waals surface area (Å²) < 4.78 is 0.359. The molecule has 0 amide bonds. The van der Waals surface area contributed by atoms with Gasteiger partial charge in [-0.05, 0) is 38.5 Å². The third-order valence-electron chi connectivity index (χ3n) is 3.21. The summed E-state index contributed by atoms with van der Waals surface area (Å²) in [5.74, 6) is 1.21. The zero-order valence-electron chi connectivity index (χ0n) is 10.9. The number of nitrogens with zero attached hydrogens (tertiary/aromatic N) is 1. The smallest absolute Gasteiger partial charge is 0.0367 e. The number of hydrogen-bond acceptors (Lipinski definition) is 3. The van der Waals surface area contributed by atoms with Gasteiger partial charge in [-0.25, -0.2) is 0 Å². The van der Waals surface area contributed by atoms with Gasteiger partial charge < -0.3 is 10.6 Å². The van der Waals surface area contributed by atoms with E-state index in [1.54, 1.807) is 0 Å². The zero-order chi connectivity index (χ0) is 12.5. The Morgan fingerprint density at radius 3 is 2.47 bits per heavy atom. The fourth-order valence-corrected chi connectivity index (χ4v) is 3.34. The maximum absolute atomic E-state index is 5.87. The fraction of sp³-hybridized carbons (Fsp3) is 0.571. The molecule has 2 N–H and O–H groups in total. The van der Waals surface area contributed by atoms with Crippen molar-refractivity contribution in [3.8, 4) is 0 Å². The molecule has 2 rings (SSSR count). The van der Waals surface area contributed by atoms with E-state index in [4.69, 9.17) is 5.73 Å². The molecule has 94 valence electrons. The molecule has 0 bridgehead atoms. The lowest BCUT2D eigenvalue weighted by Crippen LogP contribution is -2.43. The molecule has 0 radical (unpaired) electrons. The highest BCUT2D eigenvalue weighted by atomic mass is 32.2. The van der Waals surface area contributed by atoms with Crippen LogP contribution in [0.4, 0.5) is 5.69 Å². The van der Waals surface area contributed by atoms with E-state index in [-0.39, 0.29) is 6.04 Å². The molecular weight excluding hydrogens is 228 g/mol. The minimum absolute atomic E-state index is 0.123. The quantitative estimate of drug-likeness (QED) is 0.875. The average Bonchev–Trinajstić information content (AvgIpc) is 2.28. The summed E-state index contributed by atoms with van der Waals surface area (Å²) in [6.45, 7) is 8.93. The molecule has 1 atom stereocenters. The highest BCUT2D eigenvalue weighted by Crippen LogP contribution is 2.32. The average molecular weight is 250 g/mol. The van der Waals surface area contributed by atoms with Crippen molar-refractivity contribution in [1.82, 2.24) is 0 Å². The van der Waals surface area contributed by atoms with Gasteiger partial charge >= 0.3 is 0 Å². The molecule has 3 heteroatoms. The van der Waals surface area contributed by atoms with Gasteiger partial charge in [0.05, 0.1) is 0 Å². The van der Waals surface area contributed by atoms with Crippen LogP contribution in [-0.4, -0.2) is 23.6 Å². The molecule has 0 saturated carbocycles. The number of anilines is 1. The molecule has 1 aliphatic rings. The van der Waals surface area contributed by atoms with Gasteiger partial charge in [-0.3, -0.25) is 0 Å². The van der Waals surface area contributed by atoms with Gasteiger partial charge in [-0.2, -0.15) is 11.8 Å². The highest BCUT2D eigenvalue weighted by molar-refractivity contribution is 8.00.